The van der Waals surface area contributed by atoms with E-state index < -0.39 is 30.5 Å². The Kier molecular flexibility index (Phi) is 4.76. The number of ketones is 1. The molecule has 0 fully saturated rings. The number of aliphatic hydroxyl groups is 1. The first-order valence-electron chi connectivity index (χ1n) is 7.63. The number of nitrogens with zero attached hydrogens (tertiary/aromatic N) is 1. The molecule has 26 heavy (non-hydrogen) atoms. The summed E-state index contributed by atoms with van der Waals surface area (Å²) in [6.45, 7) is -0.486. The number of carboxylic acid groups (broad SMARTS) is 1. The van der Waals surface area contributed by atoms with Crippen LogP contribution in [0.2, 0.25) is 0 Å². The number of carbonyl (C=O) groups excluding carboxylic acids is 2. The topological polar surface area (TPSA) is 125 Å². The van der Waals surface area contributed by atoms with Crippen molar-refractivity contribution in [1.29, 1.82) is 0 Å². The summed E-state index contributed by atoms with van der Waals surface area (Å²) in [5, 5.41) is 20.8. The van der Waals surface area contributed by atoms with Gasteiger partial charge in [-0.2, -0.15) is 0 Å². The molecule has 3 N–H and O–H groups in total. The maximum absolute atomic E-state index is 12.5. The third kappa shape index (κ3) is 3.60. The highest BCUT2D eigenvalue weighted by atomic mass is 16.6. The van der Waals surface area contributed by atoms with E-state index in [4.69, 9.17) is 9.84 Å². The molecular formula is C18H14N2O6. The number of aliphatic imine (C=N–C) groups is 1. The van der Waals surface area contributed by atoms with E-state index in [9.17, 15) is 19.5 Å². The molecule has 1 atom stereocenters. The summed E-state index contributed by atoms with van der Waals surface area (Å²) >= 11 is 0. The number of amides is 1. The highest BCUT2D eigenvalue weighted by Crippen LogP contribution is 2.26. The van der Waals surface area contributed by atoms with Gasteiger partial charge in [-0.25, -0.2) is 4.99 Å². The van der Waals surface area contributed by atoms with Gasteiger partial charge in [-0.15, -0.1) is 0 Å². The van der Waals surface area contributed by atoms with Crippen LogP contribution >= 0.6 is 0 Å². The molecule has 0 saturated heterocycles. The first kappa shape index (κ1) is 17.3. The first-order valence-corrected chi connectivity index (χ1v) is 7.63. The number of ether oxygens (including phenoxy) is 1. The van der Waals surface area contributed by atoms with Crippen LogP contribution in [0.25, 0.3) is 0 Å². The van der Waals surface area contributed by atoms with Gasteiger partial charge >= 0.3 is 5.97 Å². The van der Waals surface area contributed by atoms with Crippen molar-refractivity contribution in [3.63, 3.8) is 0 Å². The molecule has 1 aliphatic rings. The van der Waals surface area contributed by atoms with Gasteiger partial charge in [0.05, 0.1) is 11.3 Å². The first-order chi connectivity index (χ1) is 12.5. The predicted octanol–water partition coefficient (Wildman–Crippen LogP) is 1.17. The molecule has 3 rings (SSSR count). The van der Waals surface area contributed by atoms with E-state index in [-0.39, 0.29) is 17.0 Å². The average molecular weight is 354 g/mol. The second kappa shape index (κ2) is 7.16. The Morgan fingerprint density at radius 3 is 2.50 bits per heavy atom. The van der Waals surface area contributed by atoms with Gasteiger partial charge in [-0.05, 0) is 36.4 Å². The molecule has 8 heteroatoms. The molecule has 1 aliphatic heterocycles. The predicted molar refractivity (Wildman–Crippen MR) is 90.9 cm³/mol. The molecule has 2 aromatic rings. The second-order valence-electron chi connectivity index (χ2n) is 5.42. The molecule has 1 heterocycles. The Labute approximate surface area is 147 Å². The number of rotatable bonds is 4. The van der Waals surface area contributed by atoms with Crippen LogP contribution in [0.15, 0.2) is 53.5 Å². The molecule has 8 nitrogen and oxygen atoms in total. The Hall–Kier alpha value is -3.52. The second-order valence-corrected chi connectivity index (χ2v) is 5.42. The van der Waals surface area contributed by atoms with Gasteiger partial charge in [-0.3, -0.25) is 14.4 Å². The van der Waals surface area contributed by atoms with E-state index in [0.717, 1.165) is 0 Å². The number of nitrogens with one attached hydrogen (secondary N) is 1. The normalized spacial score (nSPS) is 17.3. The number of fused-ring (bicyclic) bond motifs is 1. The highest BCUT2D eigenvalue weighted by molar-refractivity contribution is 6.48. The van der Waals surface area contributed by atoms with Crippen molar-refractivity contribution in [3.05, 3.63) is 59.7 Å². The minimum absolute atomic E-state index is 0.160. The van der Waals surface area contributed by atoms with Crippen LogP contribution in [0.4, 0.5) is 5.69 Å². The van der Waals surface area contributed by atoms with Gasteiger partial charge in [0.2, 0.25) is 12.1 Å². The summed E-state index contributed by atoms with van der Waals surface area (Å²) in [4.78, 5) is 38.8. The smallest absolute Gasteiger partial charge is 0.322 e. The summed E-state index contributed by atoms with van der Waals surface area (Å²) in [5.74, 6) is -1.85. The zero-order chi connectivity index (χ0) is 18.7. The molecule has 0 spiro atoms. The minimum atomic E-state index is -1.49. The van der Waals surface area contributed by atoms with Crippen LogP contribution < -0.4 is 10.1 Å². The lowest BCUT2D eigenvalue weighted by Gasteiger charge is -2.22. The largest absolute Gasteiger partial charge is 0.480 e. The molecule has 0 aliphatic carbocycles. The molecule has 2 aromatic carbocycles. The van der Waals surface area contributed by atoms with E-state index in [1.807, 2.05) is 0 Å². The van der Waals surface area contributed by atoms with Gasteiger partial charge < -0.3 is 20.3 Å². The third-order valence-corrected chi connectivity index (χ3v) is 3.62. The molecule has 1 unspecified atom stereocenters. The zero-order valence-corrected chi connectivity index (χ0v) is 13.4. The highest BCUT2D eigenvalue weighted by Gasteiger charge is 2.31. The van der Waals surface area contributed by atoms with Crippen LogP contribution in [-0.4, -0.2) is 46.4 Å². The Morgan fingerprint density at radius 1 is 1.12 bits per heavy atom. The molecule has 132 valence electrons. The van der Waals surface area contributed by atoms with Crippen molar-refractivity contribution < 1.29 is 29.3 Å². The monoisotopic (exact) mass is 354 g/mol. The zero-order valence-electron chi connectivity index (χ0n) is 13.4. The van der Waals surface area contributed by atoms with Crippen molar-refractivity contribution >= 4 is 29.1 Å². The molecular weight excluding hydrogens is 340 g/mol. The SMILES string of the molecule is O=C(O)CNC(=O)c1ccc(N=C2C(=O)c3ccccc3OC2O)cc1. The van der Waals surface area contributed by atoms with Gasteiger partial charge in [0.1, 0.15) is 12.3 Å². The fraction of sp³-hybridized carbons (Fsp3) is 0.111. The van der Waals surface area contributed by atoms with Crippen LogP contribution in [0.3, 0.4) is 0 Å². The lowest BCUT2D eigenvalue weighted by molar-refractivity contribution is -0.135. The number of para-hydroxylation sites is 1. The molecule has 0 aromatic heterocycles. The summed E-state index contributed by atoms with van der Waals surface area (Å²) in [6.07, 6.45) is -1.49. The number of aliphatic carboxylic acids is 1. The van der Waals surface area contributed by atoms with E-state index in [2.05, 4.69) is 10.3 Å². The molecule has 0 saturated carbocycles. The minimum Gasteiger partial charge on any atom is -0.480 e. The van der Waals surface area contributed by atoms with Crippen molar-refractivity contribution in [2.75, 3.05) is 6.54 Å². The number of carbonyl (C=O) groups is 3. The van der Waals surface area contributed by atoms with Crippen molar-refractivity contribution in [2.24, 2.45) is 4.99 Å². The summed E-state index contributed by atoms with van der Waals surface area (Å²) in [7, 11) is 0. The summed E-state index contributed by atoms with van der Waals surface area (Å²) in [5.41, 5.74) is 0.727. The van der Waals surface area contributed by atoms with Crippen LogP contribution in [0.1, 0.15) is 20.7 Å². The average Bonchev–Trinajstić information content (AvgIpc) is 2.63. The van der Waals surface area contributed by atoms with Gasteiger partial charge in [0.15, 0.2) is 5.71 Å². The number of Topliss-reactive ketones (excluding diaryl/α,β-unsaturated/α-hetero) is 1. The van der Waals surface area contributed by atoms with E-state index >= 15 is 0 Å². The standard InChI is InChI=1S/C18H14N2O6/c21-14(22)9-19-17(24)10-5-7-11(8-6-10)20-15-16(23)12-3-1-2-4-13(12)26-18(15)25/h1-8,18,25H,9H2,(H,19,24)(H,21,22). The Balaban J connectivity index is 1.81. The summed E-state index contributed by atoms with van der Waals surface area (Å²) in [6, 6.07) is 12.4. The fourth-order valence-electron chi connectivity index (χ4n) is 2.37. The number of benzene rings is 2. The molecule has 1 amide bonds. The van der Waals surface area contributed by atoms with Gasteiger partial charge in [-0.1, -0.05) is 12.1 Å². The van der Waals surface area contributed by atoms with Gasteiger partial charge in [0.25, 0.3) is 5.91 Å². The van der Waals surface area contributed by atoms with Crippen molar-refractivity contribution in [2.45, 2.75) is 6.29 Å². The van der Waals surface area contributed by atoms with Crippen molar-refractivity contribution in [1.82, 2.24) is 5.32 Å². The van der Waals surface area contributed by atoms with E-state index in [1.54, 1.807) is 24.3 Å². The quantitative estimate of drug-likeness (QED) is 0.757. The summed E-state index contributed by atoms with van der Waals surface area (Å²) < 4.78 is 5.29. The van der Waals surface area contributed by atoms with E-state index in [0.29, 0.717) is 11.3 Å². The fourth-order valence-corrected chi connectivity index (χ4v) is 2.37. The molecule has 0 bridgehead atoms. The maximum Gasteiger partial charge on any atom is 0.322 e. The van der Waals surface area contributed by atoms with Crippen LogP contribution in [-0.2, 0) is 4.79 Å². The maximum atomic E-state index is 12.5. The van der Waals surface area contributed by atoms with Crippen LogP contribution in [0, 0.1) is 0 Å². The van der Waals surface area contributed by atoms with Gasteiger partial charge in [0, 0.05) is 5.56 Å². The number of carboxylic acids is 1. The lowest BCUT2D eigenvalue weighted by atomic mass is 10.0. The van der Waals surface area contributed by atoms with Crippen LogP contribution in [0.5, 0.6) is 5.75 Å². The number of hydrogen-bond acceptors (Lipinski definition) is 6. The lowest BCUT2D eigenvalue weighted by Crippen LogP contribution is -2.38. The van der Waals surface area contributed by atoms with E-state index in [1.165, 1.54) is 24.3 Å². The number of hydrogen-bond donors (Lipinski definition) is 3. The molecule has 0 radical (unpaired) electrons. The Morgan fingerprint density at radius 2 is 1.81 bits per heavy atom. The Bertz CT molecular complexity index is 904. The van der Waals surface area contributed by atoms with Crippen molar-refractivity contribution in [3.8, 4) is 5.75 Å². The number of aliphatic hydroxyl groups excluding tert-OH is 1. The third-order valence-electron chi connectivity index (χ3n) is 3.62.